The second kappa shape index (κ2) is 7.42. The minimum Gasteiger partial charge on any atom is -0.479 e. The van der Waals surface area contributed by atoms with Crippen LogP contribution in [-0.2, 0) is 23.5 Å². The van der Waals surface area contributed by atoms with Crippen molar-refractivity contribution in [3.8, 4) is 11.4 Å². The van der Waals surface area contributed by atoms with Gasteiger partial charge in [0.25, 0.3) is 5.56 Å². The van der Waals surface area contributed by atoms with Gasteiger partial charge in [-0.2, -0.15) is 0 Å². The summed E-state index contributed by atoms with van der Waals surface area (Å²) in [6, 6.07) is 11.0. The molecule has 1 aliphatic rings. The van der Waals surface area contributed by atoms with Gasteiger partial charge in [-0.25, -0.2) is 9.78 Å². The van der Waals surface area contributed by atoms with E-state index < -0.39 is 23.7 Å². The van der Waals surface area contributed by atoms with Crippen LogP contribution in [0.4, 0.5) is 0 Å². The smallest absolute Gasteiger partial charge is 0.340 e. The monoisotopic (exact) mass is 389 g/mol. The topological polar surface area (TPSA) is 113 Å². The fourth-order valence-corrected chi connectivity index (χ4v) is 3.69. The first-order chi connectivity index (χ1) is 12.9. The molecule has 8 heteroatoms. The number of hydrogen-bond acceptors (Lipinski definition) is 5. The number of aromatic nitrogens is 2. The van der Waals surface area contributed by atoms with E-state index >= 15 is 0 Å². The van der Waals surface area contributed by atoms with Gasteiger partial charge in [0.2, 0.25) is 0 Å². The summed E-state index contributed by atoms with van der Waals surface area (Å²) in [6.45, 7) is 1.14. The summed E-state index contributed by atoms with van der Waals surface area (Å²) in [7, 11) is 0. The Morgan fingerprint density at radius 3 is 2.64 bits per heavy atom. The third-order valence-corrected chi connectivity index (χ3v) is 5.24. The van der Waals surface area contributed by atoms with Gasteiger partial charge in [0.1, 0.15) is 0 Å². The van der Waals surface area contributed by atoms with Gasteiger partial charge < -0.3 is 19.9 Å². The SMILES string of the molecule is CC[C@](O)(C(=O)O)c1cc2n(c(=O)c1CO)Cc1cc3ccccc3nc1-2.[Na]. The molecule has 0 saturated carbocycles. The van der Waals surface area contributed by atoms with E-state index in [0.29, 0.717) is 11.4 Å². The molecule has 3 aromatic rings. The molecule has 1 atom stereocenters. The first kappa shape index (κ1) is 20.7. The van der Waals surface area contributed by atoms with E-state index in [-0.39, 0.29) is 53.6 Å². The number of hydrogen-bond donors (Lipinski definition) is 3. The molecule has 0 fully saturated rings. The van der Waals surface area contributed by atoms with E-state index in [9.17, 15) is 24.9 Å². The molecule has 0 aliphatic carbocycles. The van der Waals surface area contributed by atoms with Gasteiger partial charge in [-0.3, -0.25) is 4.79 Å². The van der Waals surface area contributed by atoms with Crippen LogP contribution >= 0.6 is 0 Å². The molecule has 2 aromatic heterocycles. The number of aliphatic hydroxyl groups is 2. The number of pyridine rings is 2. The minimum atomic E-state index is -2.26. The number of nitrogens with zero attached hydrogens (tertiary/aromatic N) is 2. The molecular weight excluding hydrogens is 371 g/mol. The van der Waals surface area contributed by atoms with Gasteiger partial charge in [0.05, 0.1) is 30.1 Å². The van der Waals surface area contributed by atoms with E-state index in [1.807, 2.05) is 30.3 Å². The molecule has 0 amide bonds. The average Bonchev–Trinajstić information content (AvgIpc) is 3.03. The molecule has 0 spiro atoms. The van der Waals surface area contributed by atoms with E-state index in [4.69, 9.17) is 0 Å². The van der Waals surface area contributed by atoms with E-state index in [2.05, 4.69) is 4.98 Å². The Morgan fingerprint density at radius 1 is 1.29 bits per heavy atom. The van der Waals surface area contributed by atoms with Gasteiger partial charge in [-0.1, -0.05) is 25.1 Å². The van der Waals surface area contributed by atoms with Crippen LogP contribution in [0.25, 0.3) is 22.3 Å². The summed E-state index contributed by atoms with van der Waals surface area (Å²) in [6.07, 6.45) is -0.143. The molecule has 0 saturated heterocycles. The maximum absolute atomic E-state index is 12.9. The number of aliphatic hydroxyl groups excluding tert-OH is 1. The minimum absolute atomic E-state index is 0. The van der Waals surface area contributed by atoms with Crippen LogP contribution in [-0.4, -0.2) is 60.4 Å². The molecule has 0 unspecified atom stereocenters. The van der Waals surface area contributed by atoms with Gasteiger partial charge in [0, 0.05) is 51.6 Å². The van der Waals surface area contributed by atoms with Crippen LogP contribution in [0.3, 0.4) is 0 Å². The van der Waals surface area contributed by atoms with Gasteiger partial charge >= 0.3 is 5.97 Å². The first-order valence-corrected chi connectivity index (χ1v) is 8.63. The van der Waals surface area contributed by atoms with Crippen LogP contribution in [0.2, 0.25) is 0 Å². The number of carboxylic acid groups (broad SMARTS) is 1. The van der Waals surface area contributed by atoms with Gasteiger partial charge in [0.15, 0.2) is 5.60 Å². The Balaban J connectivity index is 0.00000225. The normalized spacial score (nSPS) is 14.1. The van der Waals surface area contributed by atoms with Crippen LogP contribution in [0, 0.1) is 0 Å². The van der Waals surface area contributed by atoms with Crippen molar-refractivity contribution in [2.75, 3.05) is 0 Å². The van der Waals surface area contributed by atoms with Crippen molar-refractivity contribution in [2.45, 2.75) is 32.1 Å². The quantitative estimate of drug-likeness (QED) is 0.453. The number of rotatable bonds is 4. The van der Waals surface area contributed by atoms with E-state index in [1.165, 1.54) is 17.6 Å². The summed E-state index contributed by atoms with van der Waals surface area (Å²) < 4.78 is 1.46. The second-order valence-corrected chi connectivity index (χ2v) is 6.68. The van der Waals surface area contributed by atoms with Crippen molar-refractivity contribution >= 4 is 46.4 Å². The number of fused-ring (bicyclic) bond motifs is 4. The second-order valence-electron chi connectivity index (χ2n) is 6.68. The van der Waals surface area contributed by atoms with Crippen molar-refractivity contribution in [3.63, 3.8) is 0 Å². The molecule has 7 nitrogen and oxygen atoms in total. The molecule has 28 heavy (non-hydrogen) atoms. The summed E-state index contributed by atoms with van der Waals surface area (Å²) in [5.41, 5.74) is -0.341. The van der Waals surface area contributed by atoms with Crippen molar-refractivity contribution in [2.24, 2.45) is 0 Å². The first-order valence-electron chi connectivity index (χ1n) is 8.63. The molecule has 3 heterocycles. The summed E-state index contributed by atoms with van der Waals surface area (Å²) >= 11 is 0. The summed E-state index contributed by atoms with van der Waals surface area (Å²) in [5.74, 6) is -1.46. The third kappa shape index (κ3) is 2.91. The molecule has 139 valence electrons. The molecule has 0 bridgehead atoms. The van der Waals surface area contributed by atoms with E-state index in [1.54, 1.807) is 0 Å². The fraction of sp³-hybridized carbons (Fsp3) is 0.250. The Labute approximate surface area is 182 Å². The van der Waals surface area contributed by atoms with E-state index in [0.717, 1.165) is 16.5 Å². The average molecular weight is 389 g/mol. The molecule has 1 aromatic carbocycles. The molecule has 1 radical (unpaired) electrons. The zero-order valence-electron chi connectivity index (χ0n) is 15.6. The molecule has 1 aliphatic heterocycles. The maximum atomic E-state index is 12.9. The Morgan fingerprint density at radius 2 is 2.00 bits per heavy atom. The number of carboxylic acids is 1. The Kier molecular flexibility index (Phi) is 5.49. The predicted octanol–water partition coefficient (Wildman–Crippen LogP) is 1.22. The molecular formula is C20H18N2NaO5. The van der Waals surface area contributed by atoms with Crippen molar-refractivity contribution in [3.05, 3.63) is 63.4 Å². The summed E-state index contributed by atoms with van der Waals surface area (Å²) in [5, 5.41) is 30.9. The number of para-hydroxylation sites is 1. The Bertz CT molecular complexity index is 1160. The standard InChI is InChI=1S/C20H18N2O5.Na/c1-2-20(27,19(25)26)14-8-16-17-12(9-22(16)18(24)13(14)10-23)7-11-5-3-4-6-15(11)21-17;/h3-8,23,27H,2,9-10H2,1H3,(H,25,26);/t20-;/m1./s1. The van der Waals surface area contributed by atoms with Crippen molar-refractivity contribution in [1.29, 1.82) is 0 Å². The fourth-order valence-electron chi connectivity index (χ4n) is 3.69. The van der Waals surface area contributed by atoms with Crippen molar-refractivity contribution in [1.82, 2.24) is 9.55 Å². The number of aliphatic carboxylic acids is 1. The van der Waals surface area contributed by atoms with Crippen LogP contribution in [0.1, 0.15) is 30.0 Å². The van der Waals surface area contributed by atoms with Crippen molar-refractivity contribution < 1.29 is 20.1 Å². The largest absolute Gasteiger partial charge is 0.479 e. The zero-order chi connectivity index (χ0) is 19.3. The maximum Gasteiger partial charge on any atom is 0.340 e. The zero-order valence-corrected chi connectivity index (χ0v) is 17.6. The molecule has 4 rings (SSSR count). The van der Waals surface area contributed by atoms with Crippen LogP contribution in [0.15, 0.2) is 41.2 Å². The number of benzene rings is 1. The van der Waals surface area contributed by atoms with Gasteiger partial charge in [-0.15, -0.1) is 0 Å². The summed E-state index contributed by atoms with van der Waals surface area (Å²) in [4.78, 5) is 29.3. The molecule has 3 N–H and O–H groups in total. The Hall–Kier alpha value is -2.03. The predicted molar refractivity (Wildman–Crippen MR) is 104 cm³/mol. The number of carbonyl (C=O) groups is 1. The van der Waals surface area contributed by atoms with Crippen LogP contribution < -0.4 is 5.56 Å². The van der Waals surface area contributed by atoms with Crippen LogP contribution in [0.5, 0.6) is 0 Å². The van der Waals surface area contributed by atoms with Gasteiger partial charge in [-0.05, 0) is 24.6 Å². The third-order valence-electron chi connectivity index (χ3n) is 5.24.